The second kappa shape index (κ2) is 13.1. The van der Waals surface area contributed by atoms with Crippen LogP contribution in [0.4, 0.5) is 4.79 Å². The van der Waals surface area contributed by atoms with Crippen molar-refractivity contribution in [2.45, 2.75) is 25.6 Å². The first-order valence-electron chi connectivity index (χ1n) is 13.7. The predicted molar refractivity (Wildman–Crippen MR) is 161 cm³/mol. The predicted octanol–water partition coefficient (Wildman–Crippen LogP) is 6.12. The Hall–Kier alpha value is -3.30. The molecule has 5 rings (SSSR count). The number of piperazine rings is 1. The molecule has 2 atom stereocenters. The monoisotopic (exact) mass is 596 g/mol. The fourth-order valence-electron chi connectivity index (χ4n) is 5.33. The Morgan fingerprint density at radius 1 is 0.927 bits per heavy atom. The van der Waals surface area contributed by atoms with Gasteiger partial charge in [0.1, 0.15) is 23.4 Å². The van der Waals surface area contributed by atoms with Crippen LogP contribution in [-0.2, 0) is 11.3 Å². The zero-order valence-electron chi connectivity index (χ0n) is 23.4. The molecule has 41 heavy (non-hydrogen) atoms. The van der Waals surface area contributed by atoms with Crippen molar-refractivity contribution in [1.82, 2.24) is 15.1 Å². The molecule has 1 fully saturated rings. The van der Waals surface area contributed by atoms with E-state index in [1.807, 2.05) is 77.4 Å². The van der Waals surface area contributed by atoms with Crippen molar-refractivity contribution >= 4 is 35.1 Å². The third kappa shape index (κ3) is 6.16. The first kappa shape index (κ1) is 29.2. The van der Waals surface area contributed by atoms with Crippen LogP contribution in [0.1, 0.15) is 41.3 Å². The van der Waals surface area contributed by atoms with Crippen LogP contribution in [-0.4, -0.2) is 68.7 Å². The number of methoxy groups -OCH3 is 2. The second-order valence-corrected chi connectivity index (χ2v) is 10.7. The zero-order chi connectivity index (χ0) is 28.9. The number of halogens is 2. The Morgan fingerprint density at radius 2 is 1.54 bits per heavy atom. The molecule has 0 spiro atoms. The van der Waals surface area contributed by atoms with Gasteiger partial charge in [0.05, 0.1) is 32.4 Å². The highest BCUT2D eigenvalue weighted by molar-refractivity contribution is 6.30. The van der Waals surface area contributed by atoms with Crippen molar-refractivity contribution in [2.24, 2.45) is 4.99 Å². The highest BCUT2D eigenvalue weighted by Crippen LogP contribution is 2.46. The maximum Gasteiger partial charge on any atom is 0.326 e. The van der Waals surface area contributed by atoms with Gasteiger partial charge in [-0.25, -0.2) is 4.79 Å². The molecule has 2 amide bonds. The highest BCUT2D eigenvalue weighted by Gasteiger charge is 2.44. The topological polar surface area (TPSA) is 75.6 Å². The molecule has 0 bridgehead atoms. The van der Waals surface area contributed by atoms with Gasteiger partial charge in [-0.3, -0.25) is 9.89 Å². The van der Waals surface area contributed by atoms with Gasteiger partial charge in [-0.2, -0.15) is 0 Å². The first-order valence-corrected chi connectivity index (χ1v) is 14.4. The number of nitrogens with zero attached hydrogens (tertiary/aromatic N) is 3. The first-order chi connectivity index (χ1) is 19.9. The van der Waals surface area contributed by atoms with Crippen LogP contribution >= 0.6 is 23.2 Å². The lowest BCUT2D eigenvalue weighted by atomic mass is 9.93. The van der Waals surface area contributed by atoms with Gasteiger partial charge in [-0.15, -0.1) is 0 Å². The molecule has 0 radical (unpaired) electrons. The third-order valence-corrected chi connectivity index (χ3v) is 7.89. The number of urea groups is 1. The summed E-state index contributed by atoms with van der Waals surface area (Å²) in [6, 6.07) is 18.0. The molecule has 3 aromatic rings. The van der Waals surface area contributed by atoms with E-state index in [2.05, 4.69) is 5.32 Å². The lowest BCUT2D eigenvalue weighted by Crippen LogP contribution is -2.53. The molecule has 1 saturated heterocycles. The van der Waals surface area contributed by atoms with Crippen LogP contribution < -0.4 is 14.8 Å². The summed E-state index contributed by atoms with van der Waals surface area (Å²) in [5.74, 6) is 1.71. The molecule has 3 aromatic carbocycles. The zero-order valence-corrected chi connectivity index (χ0v) is 24.9. The minimum Gasteiger partial charge on any atom is -0.496 e. The lowest BCUT2D eigenvalue weighted by Gasteiger charge is -2.36. The van der Waals surface area contributed by atoms with Crippen LogP contribution in [0.2, 0.25) is 10.0 Å². The maximum atomic E-state index is 14.5. The van der Waals surface area contributed by atoms with Gasteiger partial charge in [0.15, 0.2) is 0 Å². The number of nitrogens with one attached hydrogen (secondary N) is 1. The van der Waals surface area contributed by atoms with Gasteiger partial charge in [0.2, 0.25) is 0 Å². The maximum absolute atomic E-state index is 14.5. The van der Waals surface area contributed by atoms with Crippen molar-refractivity contribution in [2.75, 3.05) is 47.0 Å². The van der Waals surface area contributed by atoms with Gasteiger partial charge in [0, 0.05) is 54.5 Å². The number of carbonyl (C=O) groups is 1. The SMILES string of the molecule is CCOCc1cc(C2=N[C@H](c3ccc(Cl)cc3)[C@H](c3ccc(Cl)cc3)N2C(=O)N2CCNCC2)c(OC)cc1OC. The van der Waals surface area contributed by atoms with E-state index in [9.17, 15) is 4.79 Å². The number of ether oxygens (including phenoxy) is 3. The average Bonchev–Trinajstić information content (AvgIpc) is 3.40. The normalized spacial score (nSPS) is 18.8. The number of carbonyl (C=O) groups excluding carboxylic acids is 1. The van der Waals surface area contributed by atoms with Crippen LogP contribution in [0.15, 0.2) is 65.7 Å². The molecule has 8 nitrogen and oxygen atoms in total. The number of rotatable bonds is 8. The van der Waals surface area contributed by atoms with Crippen molar-refractivity contribution in [3.63, 3.8) is 0 Å². The van der Waals surface area contributed by atoms with E-state index in [-0.39, 0.29) is 6.03 Å². The van der Waals surface area contributed by atoms with Gasteiger partial charge in [-0.05, 0) is 48.4 Å². The van der Waals surface area contributed by atoms with Crippen molar-refractivity contribution in [3.05, 3.63) is 93.0 Å². The van der Waals surface area contributed by atoms with Crippen LogP contribution in [0, 0.1) is 0 Å². The molecule has 1 N–H and O–H groups in total. The minimum atomic E-state index is -0.437. The van der Waals surface area contributed by atoms with Crippen LogP contribution in [0.25, 0.3) is 0 Å². The number of hydrogen-bond donors (Lipinski definition) is 1. The summed E-state index contributed by atoms with van der Waals surface area (Å²) in [6.07, 6.45) is 0. The molecule has 0 saturated carbocycles. The summed E-state index contributed by atoms with van der Waals surface area (Å²) in [7, 11) is 3.22. The third-order valence-electron chi connectivity index (χ3n) is 7.39. The summed E-state index contributed by atoms with van der Waals surface area (Å²) in [5, 5.41) is 4.58. The minimum absolute atomic E-state index is 0.120. The lowest BCUT2D eigenvalue weighted by molar-refractivity contribution is 0.132. The van der Waals surface area contributed by atoms with Gasteiger partial charge in [0.25, 0.3) is 0 Å². The molecule has 216 valence electrons. The van der Waals surface area contributed by atoms with Gasteiger partial charge >= 0.3 is 6.03 Å². The number of hydrogen-bond acceptors (Lipinski definition) is 6. The van der Waals surface area contributed by atoms with Crippen LogP contribution in [0.5, 0.6) is 11.5 Å². The molecule has 0 aromatic heterocycles. The summed E-state index contributed by atoms with van der Waals surface area (Å²) in [6.45, 7) is 5.48. The largest absolute Gasteiger partial charge is 0.496 e. The Morgan fingerprint density at radius 3 is 2.12 bits per heavy atom. The molecule has 10 heteroatoms. The Labute approximate surface area is 250 Å². The van der Waals surface area contributed by atoms with E-state index < -0.39 is 12.1 Å². The van der Waals surface area contributed by atoms with Crippen molar-refractivity contribution < 1.29 is 19.0 Å². The standard InChI is InChI=1S/C31H34Cl2N4O4/c1-4-41-19-22-17-25(27(40-3)18-26(22)39-2)30-35-28(20-5-9-23(32)10-6-20)29(21-7-11-24(33)12-8-21)37(30)31(38)36-15-13-34-14-16-36/h5-12,17-18,28-29,34H,4,13-16,19H2,1-3H3/t28-,29+/m1/s1. The smallest absolute Gasteiger partial charge is 0.326 e. The number of amides is 2. The van der Waals surface area contributed by atoms with E-state index >= 15 is 0 Å². The highest BCUT2D eigenvalue weighted by atomic mass is 35.5. The average molecular weight is 598 g/mol. The van der Waals surface area contributed by atoms with E-state index in [1.165, 1.54) is 0 Å². The molecule has 0 aliphatic carbocycles. The Balaban J connectivity index is 1.72. The quantitative estimate of drug-likeness (QED) is 0.339. The molecule has 2 aliphatic rings. The van der Waals surface area contributed by atoms with E-state index in [0.717, 1.165) is 29.8 Å². The second-order valence-electron chi connectivity index (χ2n) is 9.84. The summed E-state index contributed by atoms with van der Waals surface area (Å²) >= 11 is 12.5. The van der Waals surface area contributed by atoms with Gasteiger partial charge < -0.3 is 24.4 Å². The summed E-state index contributed by atoms with van der Waals surface area (Å²) < 4.78 is 17.2. The summed E-state index contributed by atoms with van der Waals surface area (Å²) in [4.78, 5) is 23.4. The number of amidine groups is 1. The molecule has 0 unspecified atom stereocenters. The Bertz CT molecular complexity index is 1390. The van der Waals surface area contributed by atoms with E-state index in [1.54, 1.807) is 14.2 Å². The number of benzene rings is 3. The van der Waals surface area contributed by atoms with E-state index in [4.69, 9.17) is 42.4 Å². The Kier molecular flexibility index (Phi) is 9.35. The molecule has 2 heterocycles. The molecule has 2 aliphatic heterocycles. The van der Waals surface area contributed by atoms with Crippen molar-refractivity contribution in [1.29, 1.82) is 0 Å². The summed E-state index contributed by atoms with van der Waals surface area (Å²) in [5.41, 5.74) is 3.37. The number of aliphatic imine (C=N–C) groups is 1. The molecular formula is C31H34Cl2N4O4. The van der Waals surface area contributed by atoms with Crippen molar-refractivity contribution in [3.8, 4) is 11.5 Å². The molecular weight excluding hydrogens is 563 g/mol. The fraction of sp³-hybridized carbons (Fsp3) is 0.355. The van der Waals surface area contributed by atoms with E-state index in [0.29, 0.717) is 59.2 Å². The fourth-order valence-corrected chi connectivity index (χ4v) is 5.58. The van der Waals surface area contributed by atoms with Crippen LogP contribution in [0.3, 0.4) is 0 Å². The van der Waals surface area contributed by atoms with Gasteiger partial charge in [-0.1, -0.05) is 47.5 Å².